The Morgan fingerprint density at radius 2 is 2.24 bits per heavy atom. The number of aromatic nitrogens is 2. The Bertz CT molecular complexity index is 671. The van der Waals surface area contributed by atoms with E-state index in [1.165, 1.54) is 0 Å². The van der Waals surface area contributed by atoms with E-state index in [2.05, 4.69) is 25.1 Å². The number of hydrogen-bond acceptors (Lipinski definition) is 6. The number of aryl methyl sites for hydroxylation is 1. The van der Waals surface area contributed by atoms with Crippen molar-refractivity contribution in [1.29, 1.82) is 0 Å². The number of likely N-dealkylation sites (N-methyl/N-ethyl adjacent to an activating group) is 1. The Hall–Kier alpha value is -2.41. The number of anilines is 1. The van der Waals surface area contributed by atoms with Gasteiger partial charge in [0.25, 0.3) is 0 Å². The van der Waals surface area contributed by atoms with Crippen molar-refractivity contribution in [3.8, 4) is 0 Å². The highest BCUT2D eigenvalue weighted by Crippen LogP contribution is 2.18. The van der Waals surface area contributed by atoms with Crippen LogP contribution in [0.15, 0.2) is 35.2 Å². The van der Waals surface area contributed by atoms with Crippen LogP contribution in [-0.2, 0) is 11.3 Å². The molecule has 7 heteroatoms. The van der Waals surface area contributed by atoms with Gasteiger partial charge in [0.2, 0.25) is 11.9 Å². The SMILES string of the molecule is Cc1cnc(N(C)C2CCCN(CC(=O)NCc3ccco3)C2)nc1. The van der Waals surface area contributed by atoms with Crippen LogP contribution in [0.2, 0.25) is 0 Å². The molecule has 1 amide bonds. The third-order valence-corrected chi connectivity index (χ3v) is 4.52. The predicted molar refractivity (Wildman–Crippen MR) is 95.2 cm³/mol. The maximum absolute atomic E-state index is 12.2. The Kier molecular flexibility index (Phi) is 5.65. The van der Waals surface area contributed by atoms with E-state index in [1.54, 1.807) is 6.26 Å². The number of hydrogen-bond donors (Lipinski definition) is 1. The van der Waals surface area contributed by atoms with Crippen molar-refractivity contribution in [3.05, 3.63) is 42.1 Å². The van der Waals surface area contributed by atoms with Gasteiger partial charge in [-0.2, -0.15) is 0 Å². The van der Waals surface area contributed by atoms with E-state index in [0.29, 0.717) is 19.1 Å². The van der Waals surface area contributed by atoms with Crippen molar-refractivity contribution in [2.75, 3.05) is 31.6 Å². The van der Waals surface area contributed by atoms with Crippen LogP contribution < -0.4 is 10.2 Å². The Balaban J connectivity index is 1.50. The molecule has 3 heterocycles. The average Bonchev–Trinajstić information content (AvgIpc) is 3.14. The maximum Gasteiger partial charge on any atom is 0.234 e. The number of likely N-dealkylation sites (tertiary alicyclic amines) is 1. The molecule has 1 unspecified atom stereocenters. The van der Waals surface area contributed by atoms with Gasteiger partial charge < -0.3 is 14.6 Å². The third-order valence-electron chi connectivity index (χ3n) is 4.52. The first-order chi connectivity index (χ1) is 12.1. The summed E-state index contributed by atoms with van der Waals surface area (Å²) in [7, 11) is 2.02. The standard InChI is InChI=1S/C18H25N5O2/c1-14-9-20-18(21-10-14)22(2)15-5-3-7-23(12-15)13-17(24)19-11-16-6-4-8-25-16/h4,6,8-10,15H,3,5,7,11-13H2,1-2H3,(H,19,24). The minimum Gasteiger partial charge on any atom is -0.467 e. The van der Waals surface area contributed by atoms with Crippen LogP contribution in [0.1, 0.15) is 24.2 Å². The van der Waals surface area contributed by atoms with E-state index >= 15 is 0 Å². The summed E-state index contributed by atoms with van der Waals surface area (Å²) in [6.45, 7) is 4.59. The topological polar surface area (TPSA) is 74.5 Å². The van der Waals surface area contributed by atoms with Crippen LogP contribution in [0.3, 0.4) is 0 Å². The molecule has 0 aromatic carbocycles. The smallest absolute Gasteiger partial charge is 0.234 e. The summed E-state index contributed by atoms with van der Waals surface area (Å²) in [5, 5.41) is 2.90. The van der Waals surface area contributed by atoms with Crippen molar-refractivity contribution in [1.82, 2.24) is 20.2 Å². The Labute approximate surface area is 148 Å². The molecular formula is C18H25N5O2. The number of rotatable bonds is 6. The fraction of sp³-hybridized carbons (Fsp3) is 0.500. The number of nitrogens with zero attached hydrogens (tertiary/aromatic N) is 4. The van der Waals surface area contributed by atoms with Crippen LogP contribution in [0, 0.1) is 6.92 Å². The fourth-order valence-corrected chi connectivity index (χ4v) is 3.08. The minimum absolute atomic E-state index is 0.0197. The van der Waals surface area contributed by atoms with Gasteiger partial charge in [-0.3, -0.25) is 9.69 Å². The van der Waals surface area contributed by atoms with Crippen molar-refractivity contribution in [3.63, 3.8) is 0 Å². The molecule has 1 aliphatic rings. The Morgan fingerprint density at radius 1 is 1.44 bits per heavy atom. The molecule has 1 aliphatic heterocycles. The van der Waals surface area contributed by atoms with Crippen molar-refractivity contribution in [2.24, 2.45) is 0 Å². The first kappa shape index (κ1) is 17.4. The molecule has 0 radical (unpaired) electrons. The van der Waals surface area contributed by atoms with Crippen molar-refractivity contribution in [2.45, 2.75) is 32.4 Å². The van der Waals surface area contributed by atoms with Gasteiger partial charge in [-0.15, -0.1) is 0 Å². The summed E-state index contributed by atoms with van der Waals surface area (Å²) >= 11 is 0. The molecule has 25 heavy (non-hydrogen) atoms. The number of nitrogens with one attached hydrogen (secondary N) is 1. The molecule has 2 aromatic heterocycles. The van der Waals surface area contributed by atoms with E-state index in [9.17, 15) is 4.79 Å². The molecule has 7 nitrogen and oxygen atoms in total. The highest BCUT2D eigenvalue weighted by Gasteiger charge is 2.25. The summed E-state index contributed by atoms with van der Waals surface area (Å²) in [5.74, 6) is 1.52. The molecule has 2 aromatic rings. The van der Waals surface area contributed by atoms with E-state index in [0.717, 1.165) is 43.2 Å². The highest BCUT2D eigenvalue weighted by atomic mass is 16.3. The van der Waals surface area contributed by atoms with E-state index in [4.69, 9.17) is 4.42 Å². The lowest BCUT2D eigenvalue weighted by Gasteiger charge is -2.37. The number of amides is 1. The number of furan rings is 1. The molecule has 1 N–H and O–H groups in total. The molecule has 3 rings (SSSR count). The van der Waals surface area contributed by atoms with Gasteiger partial charge in [-0.25, -0.2) is 9.97 Å². The first-order valence-electron chi connectivity index (χ1n) is 8.65. The van der Waals surface area contributed by atoms with Crippen LogP contribution >= 0.6 is 0 Å². The molecule has 1 fully saturated rings. The normalized spacial score (nSPS) is 18.1. The summed E-state index contributed by atoms with van der Waals surface area (Å²) in [4.78, 5) is 25.3. The van der Waals surface area contributed by atoms with Gasteiger partial charge in [0, 0.05) is 32.0 Å². The molecule has 0 bridgehead atoms. The maximum atomic E-state index is 12.2. The van der Waals surface area contributed by atoms with Crippen LogP contribution in [0.25, 0.3) is 0 Å². The van der Waals surface area contributed by atoms with Gasteiger partial charge in [-0.05, 0) is 44.0 Å². The van der Waals surface area contributed by atoms with Crippen LogP contribution in [-0.4, -0.2) is 53.5 Å². The van der Waals surface area contributed by atoms with Crippen LogP contribution in [0.4, 0.5) is 5.95 Å². The number of piperidine rings is 1. The van der Waals surface area contributed by atoms with Crippen LogP contribution in [0.5, 0.6) is 0 Å². The zero-order valence-electron chi connectivity index (χ0n) is 14.8. The predicted octanol–water partition coefficient (Wildman–Crippen LogP) is 1.60. The van der Waals surface area contributed by atoms with Crippen molar-refractivity contribution >= 4 is 11.9 Å². The third kappa shape index (κ3) is 4.79. The molecule has 134 valence electrons. The Morgan fingerprint density at radius 3 is 2.96 bits per heavy atom. The lowest BCUT2D eigenvalue weighted by Crippen LogP contribution is -2.49. The lowest BCUT2D eigenvalue weighted by molar-refractivity contribution is -0.122. The molecule has 0 saturated carbocycles. The van der Waals surface area contributed by atoms with Gasteiger partial charge in [0.1, 0.15) is 5.76 Å². The fourth-order valence-electron chi connectivity index (χ4n) is 3.08. The monoisotopic (exact) mass is 343 g/mol. The summed E-state index contributed by atoms with van der Waals surface area (Å²) in [6.07, 6.45) is 7.42. The minimum atomic E-state index is 0.0197. The van der Waals surface area contributed by atoms with Crippen molar-refractivity contribution < 1.29 is 9.21 Å². The summed E-state index contributed by atoms with van der Waals surface area (Å²) in [5.41, 5.74) is 1.05. The zero-order valence-corrected chi connectivity index (χ0v) is 14.8. The second kappa shape index (κ2) is 8.11. The van der Waals surface area contributed by atoms with E-state index < -0.39 is 0 Å². The second-order valence-corrected chi connectivity index (χ2v) is 6.56. The molecular weight excluding hydrogens is 318 g/mol. The quantitative estimate of drug-likeness (QED) is 0.859. The highest BCUT2D eigenvalue weighted by molar-refractivity contribution is 5.77. The molecule has 0 spiro atoms. The van der Waals surface area contributed by atoms with Gasteiger partial charge in [-0.1, -0.05) is 0 Å². The van der Waals surface area contributed by atoms with Gasteiger partial charge in [0.15, 0.2) is 0 Å². The molecule has 1 atom stereocenters. The summed E-state index contributed by atoms with van der Waals surface area (Å²) < 4.78 is 5.23. The number of carbonyl (C=O) groups excluding carboxylic acids is 1. The summed E-state index contributed by atoms with van der Waals surface area (Å²) in [6, 6.07) is 3.99. The lowest BCUT2D eigenvalue weighted by atomic mass is 10.0. The average molecular weight is 343 g/mol. The molecule has 1 saturated heterocycles. The largest absolute Gasteiger partial charge is 0.467 e. The van der Waals surface area contributed by atoms with Gasteiger partial charge in [0.05, 0.1) is 19.4 Å². The molecule has 0 aliphatic carbocycles. The first-order valence-corrected chi connectivity index (χ1v) is 8.65. The van der Waals surface area contributed by atoms with E-state index in [1.807, 2.05) is 38.5 Å². The second-order valence-electron chi connectivity index (χ2n) is 6.56. The van der Waals surface area contributed by atoms with E-state index in [-0.39, 0.29) is 5.91 Å². The zero-order chi connectivity index (χ0) is 17.6. The van der Waals surface area contributed by atoms with Gasteiger partial charge >= 0.3 is 0 Å². The number of carbonyl (C=O) groups is 1.